The van der Waals surface area contributed by atoms with E-state index in [4.69, 9.17) is 5.73 Å². The van der Waals surface area contributed by atoms with E-state index >= 15 is 0 Å². The minimum atomic E-state index is -0.825. The van der Waals surface area contributed by atoms with Crippen LogP contribution in [0.2, 0.25) is 0 Å². The fourth-order valence-electron chi connectivity index (χ4n) is 1.46. The lowest BCUT2D eigenvalue weighted by Gasteiger charge is -2.04. The Morgan fingerprint density at radius 1 is 1.11 bits per heavy atom. The van der Waals surface area contributed by atoms with Crippen LogP contribution in [0.3, 0.4) is 0 Å². The van der Waals surface area contributed by atoms with Crippen molar-refractivity contribution in [2.45, 2.75) is 17.2 Å². The second-order valence-electron chi connectivity index (χ2n) is 3.72. The number of hydrogen-bond donors (Lipinski definition) is 1. The van der Waals surface area contributed by atoms with Crippen LogP contribution in [0.1, 0.15) is 11.3 Å². The van der Waals surface area contributed by atoms with Gasteiger partial charge in [0.25, 0.3) is 0 Å². The van der Waals surface area contributed by atoms with Crippen molar-refractivity contribution in [3.8, 4) is 0 Å². The Hall–Kier alpha value is -1.46. The van der Waals surface area contributed by atoms with Gasteiger partial charge >= 0.3 is 0 Å². The van der Waals surface area contributed by atoms with E-state index in [1.807, 2.05) is 12.1 Å². The SMILES string of the molecule is NCc1cc(CSc2ccc(F)c(F)c2)ccn1. The third kappa shape index (κ3) is 3.27. The van der Waals surface area contributed by atoms with Crippen molar-refractivity contribution >= 4 is 11.8 Å². The molecule has 5 heteroatoms. The molecule has 1 aromatic heterocycles. The summed E-state index contributed by atoms with van der Waals surface area (Å²) in [5.74, 6) is -0.980. The zero-order valence-electron chi connectivity index (χ0n) is 9.57. The molecule has 0 amide bonds. The lowest BCUT2D eigenvalue weighted by Crippen LogP contribution is -1.99. The number of benzene rings is 1. The lowest BCUT2D eigenvalue weighted by atomic mass is 10.2. The minimum Gasteiger partial charge on any atom is -0.325 e. The number of rotatable bonds is 4. The highest BCUT2D eigenvalue weighted by molar-refractivity contribution is 7.98. The topological polar surface area (TPSA) is 38.9 Å². The fraction of sp³-hybridized carbons (Fsp3) is 0.154. The Morgan fingerprint density at radius 3 is 2.67 bits per heavy atom. The Labute approximate surface area is 108 Å². The Balaban J connectivity index is 2.04. The summed E-state index contributed by atoms with van der Waals surface area (Å²) in [7, 11) is 0. The fourth-order valence-corrected chi connectivity index (χ4v) is 2.33. The molecular formula is C13H12F2N2S. The van der Waals surface area contributed by atoms with Crippen molar-refractivity contribution in [2.24, 2.45) is 5.73 Å². The van der Waals surface area contributed by atoms with E-state index in [9.17, 15) is 8.78 Å². The van der Waals surface area contributed by atoms with Gasteiger partial charge in [0.1, 0.15) is 0 Å². The third-order valence-electron chi connectivity index (χ3n) is 2.39. The smallest absolute Gasteiger partial charge is 0.159 e. The number of nitrogens with two attached hydrogens (primary N) is 1. The summed E-state index contributed by atoms with van der Waals surface area (Å²) in [4.78, 5) is 4.79. The number of hydrogen-bond acceptors (Lipinski definition) is 3. The van der Waals surface area contributed by atoms with Crippen molar-refractivity contribution < 1.29 is 8.78 Å². The summed E-state index contributed by atoms with van der Waals surface area (Å²) < 4.78 is 25.8. The standard InChI is InChI=1S/C13H12F2N2S/c14-12-2-1-11(6-13(12)15)18-8-9-3-4-17-10(5-9)7-16/h1-6H,7-8,16H2. The minimum absolute atomic E-state index is 0.393. The molecule has 0 atom stereocenters. The number of aromatic nitrogens is 1. The second-order valence-corrected chi connectivity index (χ2v) is 4.77. The molecule has 0 spiro atoms. The third-order valence-corrected chi connectivity index (χ3v) is 3.45. The molecule has 0 fully saturated rings. The average molecular weight is 266 g/mol. The zero-order chi connectivity index (χ0) is 13.0. The van der Waals surface area contributed by atoms with Gasteiger partial charge in [0.05, 0.1) is 5.69 Å². The summed E-state index contributed by atoms with van der Waals surface area (Å²) in [6.07, 6.45) is 1.70. The molecule has 94 valence electrons. The molecule has 2 aromatic rings. The average Bonchev–Trinajstić information content (AvgIpc) is 2.40. The number of pyridine rings is 1. The van der Waals surface area contributed by atoms with Gasteiger partial charge in [-0.25, -0.2) is 8.78 Å². The van der Waals surface area contributed by atoms with E-state index in [2.05, 4.69) is 4.98 Å². The maximum atomic E-state index is 13.0. The van der Waals surface area contributed by atoms with Crippen molar-refractivity contribution in [1.29, 1.82) is 0 Å². The number of nitrogens with zero attached hydrogens (tertiary/aromatic N) is 1. The number of thioether (sulfide) groups is 1. The molecule has 0 aliphatic heterocycles. The molecule has 0 unspecified atom stereocenters. The van der Waals surface area contributed by atoms with Crippen LogP contribution in [0.4, 0.5) is 8.78 Å². The van der Waals surface area contributed by atoms with Gasteiger partial charge in [-0.3, -0.25) is 4.98 Å². The van der Waals surface area contributed by atoms with E-state index < -0.39 is 11.6 Å². The van der Waals surface area contributed by atoms with Gasteiger partial charge < -0.3 is 5.73 Å². The molecular weight excluding hydrogens is 254 g/mol. The van der Waals surface area contributed by atoms with Crippen LogP contribution in [-0.4, -0.2) is 4.98 Å². The molecule has 1 aromatic carbocycles. The Bertz CT molecular complexity index is 546. The van der Waals surface area contributed by atoms with E-state index in [-0.39, 0.29) is 0 Å². The first-order valence-electron chi connectivity index (χ1n) is 5.41. The van der Waals surface area contributed by atoms with Gasteiger partial charge in [0.2, 0.25) is 0 Å². The molecule has 2 nitrogen and oxygen atoms in total. The molecule has 18 heavy (non-hydrogen) atoms. The summed E-state index contributed by atoms with van der Waals surface area (Å²) in [6.45, 7) is 0.393. The molecule has 2 N–H and O–H groups in total. The molecule has 1 heterocycles. The van der Waals surface area contributed by atoms with Crippen LogP contribution in [-0.2, 0) is 12.3 Å². The molecule has 0 saturated carbocycles. The highest BCUT2D eigenvalue weighted by Gasteiger charge is 2.03. The summed E-state index contributed by atoms with van der Waals surface area (Å²) in [5, 5.41) is 0. The van der Waals surface area contributed by atoms with Crippen LogP contribution in [0, 0.1) is 11.6 Å². The molecule has 0 radical (unpaired) electrons. The van der Waals surface area contributed by atoms with Crippen LogP contribution in [0.5, 0.6) is 0 Å². The van der Waals surface area contributed by atoms with Crippen LogP contribution >= 0.6 is 11.8 Å². The van der Waals surface area contributed by atoms with Crippen molar-refractivity contribution in [1.82, 2.24) is 4.98 Å². The normalized spacial score (nSPS) is 10.6. The Kier molecular flexibility index (Phi) is 4.28. The summed E-state index contributed by atoms with van der Waals surface area (Å²) in [6, 6.07) is 7.69. The van der Waals surface area contributed by atoms with Crippen molar-refractivity contribution in [3.05, 3.63) is 59.4 Å². The van der Waals surface area contributed by atoms with Gasteiger partial charge in [-0.05, 0) is 35.9 Å². The quantitative estimate of drug-likeness (QED) is 0.864. The van der Waals surface area contributed by atoms with Crippen molar-refractivity contribution in [3.63, 3.8) is 0 Å². The molecule has 0 bridgehead atoms. The summed E-state index contributed by atoms with van der Waals surface area (Å²) in [5.41, 5.74) is 7.38. The van der Waals surface area contributed by atoms with Gasteiger partial charge in [-0.2, -0.15) is 0 Å². The maximum Gasteiger partial charge on any atom is 0.159 e. The first-order chi connectivity index (χ1) is 8.69. The molecule has 0 aliphatic rings. The molecule has 0 saturated heterocycles. The van der Waals surface area contributed by atoms with Gasteiger partial charge in [-0.1, -0.05) is 0 Å². The summed E-state index contributed by atoms with van der Waals surface area (Å²) >= 11 is 1.44. The monoisotopic (exact) mass is 266 g/mol. The van der Waals surface area contributed by atoms with Crippen LogP contribution in [0.25, 0.3) is 0 Å². The van der Waals surface area contributed by atoms with Gasteiger partial charge in [0, 0.05) is 23.4 Å². The highest BCUT2D eigenvalue weighted by atomic mass is 32.2. The van der Waals surface area contributed by atoms with Gasteiger partial charge in [0.15, 0.2) is 11.6 Å². The predicted molar refractivity (Wildman–Crippen MR) is 68.0 cm³/mol. The van der Waals surface area contributed by atoms with Crippen molar-refractivity contribution in [2.75, 3.05) is 0 Å². The van der Waals surface area contributed by atoms with E-state index in [0.717, 1.165) is 17.3 Å². The first kappa shape index (κ1) is 13.0. The first-order valence-corrected chi connectivity index (χ1v) is 6.39. The second kappa shape index (κ2) is 5.93. The van der Waals surface area contributed by atoms with E-state index in [0.29, 0.717) is 17.2 Å². The lowest BCUT2D eigenvalue weighted by molar-refractivity contribution is 0.506. The number of halogens is 2. The largest absolute Gasteiger partial charge is 0.325 e. The zero-order valence-corrected chi connectivity index (χ0v) is 10.4. The maximum absolute atomic E-state index is 13.0. The van der Waals surface area contributed by atoms with E-state index in [1.165, 1.54) is 17.8 Å². The Morgan fingerprint density at radius 2 is 1.94 bits per heavy atom. The van der Waals surface area contributed by atoms with Gasteiger partial charge in [-0.15, -0.1) is 11.8 Å². The predicted octanol–water partition coefficient (Wildman–Crippen LogP) is 3.11. The highest BCUT2D eigenvalue weighted by Crippen LogP contribution is 2.24. The molecule has 0 aliphatic carbocycles. The van der Waals surface area contributed by atoms with Crippen LogP contribution in [0.15, 0.2) is 41.4 Å². The van der Waals surface area contributed by atoms with Crippen LogP contribution < -0.4 is 5.73 Å². The molecule has 2 rings (SSSR count). The van der Waals surface area contributed by atoms with E-state index in [1.54, 1.807) is 12.3 Å².